The summed E-state index contributed by atoms with van der Waals surface area (Å²) in [6, 6.07) is 5.14. The van der Waals surface area contributed by atoms with Crippen molar-refractivity contribution in [3.8, 4) is 0 Å². The average molecular weight is 290 g/mol. The normalized spacial score (nSPS) is 12.1. The lowest BCUT2D eigenvalue weighted by Gasteiger charge is -2.13. The van der Waals surface area contributed by atoms with Crippen molar-refractivity contribution in [1.29, 1.82) is 0 Å². The van der Waals surface area contributed by atoms with E-state index in [0.29, 0.717) is 12.6 Å². The molecule has 3 N–H and O–H groups in total. The van der Waals surface area contributed by atoms with Gasteiger partial charge in [0.2, 0.25) is 0 Å². The minimum atomic E-state index is -0.207. The minimum absolute atomic E-state index is 0.207. The first-order chi connectivity index (χ1) is 10.1. The molecule has 0 spiro atoms. The number of fused-ring (bicyclic) bond motifs is 1. The van der Waals surface area contributed by atoms with Crippen LogP contribution in [0.2, 0.25) is 0 Å². The smallest absolute Gasteiger partial charge is 0.191 e. The van der Waals surface area contributed by atoms with E-state index in [-0.39, 0.29) is 5.82 Å². The second-order valence-corrected chi connectivity index (χ2v) is 5.31. The largest absolute Gasteiger partial charge is 0.361 e. The average Bonchev–Trinajstić information content (AvgIpc) is 2.81. The molecule has 1 aromatic heterocycles. The Bertz CT molecular complexity index is 616. The molecule has 4 nitrogen and oxygen atoms in total. The van der Waals surface area contributed by atoms with Crippen molar-refractivity contribution in [3.63, 3.8) is 0 Å². The molecule has 0 bridgehead atoms. The maximum Gasteiger partial charge on any atom is 0.191 e. The SMILES string of the molecule is CCNC(=NCCc1c[nH]c2ccc(F)cc12)NC(C)C. The van der Waals surface area contributed by atoms with Crippen molar-refractivity contribution < 1.29 is 4.39 Å². The Balaban J connectivity index is 2.04. The zero-order valence-electron chi connectivity index (χ0n) is 12.8. The van der Waals surface area contributed by atoms with E-state index in [2.05, 4.69) is 34.5 Å². The van der Waals surface area contributed by atoms with Crippen molar-refractivity contribution >= 4 is 16.9 Å². The minimum Gasteiger partial charge on any atom is -0.361 e. The first kappa shape index (κ1) is 15.4. The van der Waals surface area contributed by atoms with Gasteiger partial charge in [-0.1, -0.05) is 0 Å². The van der Waals surface area contributed by atoms with Gasteiger partial charge in [0.05, 0.1) is 0 Å². The molecule has 2 aromatic rings. The summed E-state index contributed by atoms with van der Waals surface area (Å²) in [6.45, 7) is 7.69. The zero-order valence-corrected chi connectivity index (χ0v) is 12.8. The topological polar surface area (TPSA) is 52.2 Å². The second kappa shape index (κ2) is 7.11. The van der Waals surface area contributed by atoms with Crippen molar-refractivity contribution in [3.05, 3.63) is 35.8 Å². The molecule has 0 aliphatic carbocycles. The van der Waals surface area contributed by atoms with Crippen molar-refractivity contribution in [2.45, 2.75) is 33.2 Å². The van der Waals surface area contributed by atoms with Crippen molar-refractivity contribution in [1.82, 2.24) is 15.6 Å². The van der Waals surface area contributed by atoms with Gasteiger partial charge in [0.1, 0.15) is 5.82 Å². The number of aromatic nitrogens is 1. The molecule has 0 unspecified atom stereocenters. The summed E-state index contributed by atoms with van der Waals surface area (Å²) in [7, 11) is 0. The summed E-state index contributed by atoms with van der Waals surface area (Å²) in [6.07, 6.45) is 2.71. The highest BCUT2D eigenvalue weighted by Gasteiger charge is 2.05. The molecule has 0 saturated heterocycles. The van der Waals surface area contributed by atoms with E-state index >= 15 is 0 Å². The summed E-state index contributed by atoms with van der Waals surface area (Å²) in [5.41, 5.74) is 2.05. The van der Waals surface area contributed by atoms with Crippen molar-refractivity contribution in [2.24, 2.45) is 4.99 Å². The van der Waals surface area contributed by atoms with Crippen LogP contribution in [0, 0.1) is 5.82 Å². The summed E-state index contributed by atoms with van der Waals surface area (Å²) >= 11 is 0. The lowest BCUT2D eigenvalue weighted by Crippen LogP contribution is -2.41. The fourth-order valence-electron chi connectivity index (χ4n) is 2.24. The fourth-order valence-corrected chi connectivity index (χ4v) is 2.24. The van der Waals surface area contributed by atoms with Crippen LogP contribution in [-0.4, -0.2) is 30.1 Å². The van der Waals surface area contributed by atoms with E-state index in [1.165, 1.54) is 6.07 Å². The molecule has 0 saturated carbocycles. The van der Waals surface area contributed by atoms with Crippen LogP contribution in [0.5, 0.6) is 0 Å². The summed E-state index contributed by atoms with van der Waals surface area (Å²) in [4.78, 5) is 7.71. The number of H-pyrrole nitrogens is 1. The van der Waals surface area contributed by atoms with Gasteiger partial charge in [-0.15, -0.1) is 0 Å². The van der Waals surface area contributed by atoms with E-state index in [4.69, 9.17) is 0 Å². The molecule has 2 rings (SSSR count). The number of hydrogen-bond acceptors (Lipinski definition) is 1. The van der Waals surface area contributed by atoms with Gasteiger partial charge in [0, 0.05) is 36.2 Å². The highest BCUT2D eigenvalue weighted by atomic mass is 19.1. The molecule has 0 atom stereocenters. The summed E-state index contributed by atoms with van der Waals surface area (Å²) < 4.78 is 13.3. The van der Waals surface area contributed by atoms with Gasteiger partial charge < -0.3 is 15.6 Å². The van der Waals surface area contributed by atoms with E-state index in [9.17, 15) is 4.39 Å². The molecule has 5 heteroatoms. The molecule has 0 aliphatic heterocycles. The Morgan fingerprint density at radius 1 is 1.38 bits per heavy atom. The van der Waals surface area contributed by atoms with Crippen LogP contribution in [0.25, 0.3) is 10.9 Å². The van der Waals surface area contributed by atoms with Crippen molar-refractivity contribution in [2.75, 3.05) is 13.1 Å². The molecule has 0 fully saturated rings. The predicted octanol–water partition coefficient (Wildman–Crippen LogP) is 2.81. The maximum absolute atomic E-state index is 13.3. The van der Waals surface area contributed by atoms with Gasteiger partial charge in [0.15, 0.2) is 5.96 Å². The Kier molecular flexibility index (Phi) is 5.20. The number of aliphatic imine (C=N–C) groups is 1. The second-order valence-electron chi connectivity index (χ2n) is 5.31. The number of benzene rings is 1. The predicted molar refractivity (Wildman–Crippen MR) is 86.2 cm³/mol. The monoisotopic (exact) mass is 290 g/mol. The molecule has 0 radical (unpaired) electrons. The number of halogens is 1. The molecule has 114 valence electrons. The first-order valence-electron chi connectivity index (χ1n) is 7.40. The Morgan fingerprint density at radius 3 is 2.90 bits per heavy atom. The van der Waals surface area contributed by atoms with Crippen LogP contribution < -0.4 is 10.6 Å². The van der Waals surface area contributed by atoms with E-state index in [1.807, 2.05) is 13.1 Å². The molecular formula is C16H23FN4. The number of nitrogens with zero attached hydrogens (tertiary/aromatic N) is 1. The van der Waals surface area contributed by atoms with Gasteiger partial charge in [-0.3, -0.25) is 4.99 Å². The van der Waals surface area contributed by atoms with Gasteiger partial charge in [-0.2, -0.15) is 0 Å². The quantitative estimate of drug-likeness (QED) is 0.586. The number of guanidine groups is 1. The van der Waals surface area contributed by atoms with E-state index in [1.54, 1.807) is 12.1 Å². The third kappa shape index (κ3) is 4.21. The summed E-state index contributed by atoms with van der Waals surface area (Å²) in [5.74, 6) is 0.611. The third-order valence-corrected chi connectivity index (χ3v) is 3.15. The van der Waals surface area contributed by atoms with Crippen LogP contribution in [0.3, 0.4) is 0 Å². The Labute approximate surface area is 124 Å². The lowest BCUT2D eigenvalue weighted by molar-refractivity contribution is 0.629. The molecule has 0 amide bonds. The van der Waals surface area contributed by atoms with Gasteiger partial charge in [0.25, 0.3) is 0 Å². The zero-order chi connectivity index (χ0) is 15.2. The molecule has 1 heterocycles. The Morgan fingerprint density at radius 2 is 2.19 bits per heavy atom. The molecule has 1 aromatic carbocycles. The Hall–Kier alpha value is -2.04. The van der Waals surface area contributed by atoms with Crippen LogP contribution in [-0.2, 0) is 6.42 Å². The molecule has 21 heavy (non-hydrogen) atoms. The van der Waals surface area contributed by atoms with E-state index in [0.717, 1.165) is 35.4 Å². The standard InChI is InChI=1S/C16H23FN4/c1-4-18-16(21-11(2)3)19-8-7-12-10-20-15-6-5-13(17)9-14(12)15/h5-6,9-11,20H,4,7-8H2,1-3H3,(H2,18,19,21). The summed E-state index contributed by atoms with van der Waals surface area (Å²) in [5, 5.41) is 7.43. The van der Waals surface area contributed by atoms with Gasteiger partial charge >= 0.3 is 0 Å². The van der Waals surface area contributed by atoms with Gasteiger partial charge in [-0.05, 0) is 51.0 Å². The first-order valence-corrected chi connectivity index (χ1v) is 7.40. The third-order valence-electron chi connectivity index (χ3n) is 3.15. The van der Waals surface area contributed by atoms with E-state index < -0.39 is 0 Å². The number of hydrogen-bond donors (Lipinski definition) is 3. The number of nitrogens with one attached hydrogen (secondary N) is 3. The van der Waals surface area contributed by atoms with Crippen LogP contribution in [0.4, 0.5) is 4.39 Å². The highest BCUT2D eigenvalue weighted by molar-refractivity contribution is 5.83. The fraction of sp³-hybridized carbons (Fsp3) is 0.438. The van der Waals surface area contributed by atoms with Crippen LogP contribution in [0.15, 0.2) is 29.4 Å². The molecule has 0 aliphatic rings. The maximum atomic E-state index is 13.3. The lowest BCUT2D eigenvalue weighted by atomic mass is 10.1. The van der Waals surface area contributed by atoms with Crippen LogP contribution >= 0.6 is 0 Å². The number of rotatable bonds is 5. The van der Waals surface area contributed by atoms with Crippen LogP contribution in [0.1, 0.15) is 26.3 Å². The number of aromatic amines is 1. The van der Waals surface area contributed by atoms with Gasteiger partial charge in [-0.25, -0.2) is 4.39 Å². The molecular weight excluding hydrogens is 267 g/mol. The highest BCUT2D eigenvalue weighted by Crippen LogP contribution is 2.19.